The zero-order chi connectivity index (χ0) is 22.9. The van der Waals surface area contributed by atoms with Gasteiger partial charge in [-0.25, -0.2) is 0 Å². The average molecular weight is 587 g/mol. The summed E-state index contributed by atoms with van der Waals surface area (Å²) < 4.78 is 4.92. The Morgan fingerprint density at radius 1 is 0.722 bits per heavy atom. The summed E-state index contributed by atoms with van der Waals surface area (Å²) >= 11 is -2.49. The smallest absolute Gasteiger partial charge is 1.00 e. The molecule has 0 atom stereocenters. The maximum atomic E-state index is 2.46. The number of fused-ring (bicyclic) bond motifs is 3. The van der Waals surface area contributed by atoms with E-state index in [2.05, 4.69) is 122 Å². The molecule has 2 aliphatic rings. The Hall–Kier alpha value is -2.31. The Morgan fingerprint density at radius 2 is 1.42 bits per heavy atom. The van der Waals surface area contributed by atoms with Gasteiger partial charge in [-0.15, -0.1) is 0 Å². The van der Waals surface area contributed by atoms with Crippen LogP contribution in [0.3, 0.4) is 0 Å². The van der Waals surface area contributed by atoms with Crippen molar-refractivity contribution in [1.82, 2.24) is 0 Å². The van der Waals surface area contributed by atoms with Crippen molar-refractivity contribution in [3.63, 3.8) is 0 Å². The minimum absolute atomic E-state index is 0. The molecule has 0 unspecified atom stereocenters. The van der Waals surface area contributed by atoms with Crippen molar-refractivity contribution in [2.75, 3.05) is 0 Å². The number of halogens is 2. The Kier molecular flexibility index (Phi) is 8.79. The van der Waals surface area contributed by atoms with Gasteiger partial charge in [0.1, 0.15) is 0 Å². The molecule has 0 spiro atoms. The normalized spacial score (nSPS) is 13.1. The number of aryl methyl sites for hydroxylation is 1. The second-order valence-corrected chi connectivity index (χ2v) is 15.1. The molecule has 0 saturated carbocycles. The molecule has 2 aliphatic carbocycles. The van der Waals surface area contributed by atoms with Gasteiger partial charge < -0.3 is 24.8 Å². The molecule has 0 radical (unpaired) electrons. The Labute approximate surface area is 234 Å². The summed E-state index contributed by atoms with van der Waals surface area (Å²) in [5.41, 5.74) is 10.1. The molecule has 0 nitrogen and oxygen atoms in total. The molecule has 0 amide bonds. The van der Waals surface area contributed by atoms with Crippen LogP contribution in [0.15, 0.2) is 119 Å². The van der Waals surface area contributed by atoms with Crippen molar-refractivity contribution in [2.45, 2.75) is 26.2 Å². The van der Waals surface area contributed by atoms with Crippen LogP contribution in [0.5, 0.6) is 0 Å². The fraction of sp³-hybridized carbons (Fsp3) is 0.121. The van der Waals surface area contributed by atoms with E-state index in [9.17, 15) is 0 Å². The molecule has 36 heavy (non-hydrogen) atoms. The summed E-state index contributed by atoms with van der Waals surface area (Å²) in [4.78, 5) is 0. The number of rotatable bonds is 5. The molecule has 0 N–H and O–H groups in total. The summed E-state index contributed by atoms with van der Waals surface area (Å²) in [6, 6.07) is 36.7. The molecule has 0 bridgehead atoms. The molecule has 3 heteroatoms. The molecule has 0 fully saturated rings. The first-order valence-corrected chi connectivity index (χ1v) is 16.0. The molecule has 6 rings (SSSR count). The van der Waals surface area contributed by atoms with Gasteiger partial charge in [0.05, 0.1) is 0 Å². The first kappa shape index (κ1) is 26.7. The van der Waals surface area contributed by atoms with Crippen molar-refractivity contribution >= 4 is 6.48 Å². The molecular formula is C33H28Cl2Zr. The van der Waals surface area contributed by atoms with E-state index in [1.54, 1.807) is 15.3 Å². The summed E-state index contributed by atoms with van der Waals surface area (Å²) in [5.74, 6) is 0. The number of hydrogen-bond acceptors (Lipinski definition) is 0. The van der Waals surface area contributed by atoms with Crippen LogP contribution in [0, 0.1) is 0 Å². The predicted octanol–water partition coefficient (Wildman–Crippen LogP) is 1.18. The van der Waals surface area contributed by atoms with Gasteiger partial charge in [0, 0.05) is 0 Å². The quantitative estimate of drug-likeness (QED) is 0.291. The van der Waals surface area contributed by atoms with Gasteiger partial charge in [-0.3, -0.25) is 0 Å². The van der Waals surface area contributed by atoms with Crippen LogP contribution < -0.4 is 28.1 Å². The van der Waals surface area contributed by atoms with Crippen LogP contribution in [-0.2, 0) is 34.1 Å². The molecule has 0 saturated heterocycles. The zero-order valence-corrected chi connectivity index (χ0v) is 24.3. The van der Waals surface area contributed by atoms with Gasteiger partial charge >= 0.3 is 211 Å². The molecular weight excluding hydrogens is 558 g/mol. The molecule has 178 valence electrons. The van der Waals surface area contributed by atoms with E-state index < -0.39 is 21.3 Å². The van der Waals surface area contributed by atoms with Gasteiger partial charge in [0.15, 0.2) is 0 Å². The van der Waals surface area contributed by atoms with E-state index in [1.807, 2.05) is 0 Å². The van der Waals surface area contributed by atoms with E-state index in [0.29, 0.717) is 0 Å². The topological polar surface area (TPSA) is 0 Å². The van der Waals surface area contributed by atoms with Gasteiger partial charge in [0.25, 0.3) is 0 Å². The predicted molar refractivity (Wildman–Crippen MR) is 142 cm³/mol. The molecule has 0 heterocycles. The Morgan fingerprint density at radius 3 is 2.14 bits per heavy atom. The largest absolute Gasteiger partial charge is 1.00 e. The van der Waals surface area contributed by atoms with E-state index >= 15 is 0 Å². The standard InChI is InChI=1S/C15H14.C13H9.C5H5.2ClH.Zr/c1-2-13-8-10-15(11-9-13)12-14-6-4-3-5-7-14;1-3-7-12-10(5-1)9-11-6-2-4-8-13(11)12;1-2-4-5-3-1;;;/h3-11H,2H2,1H3;1-5,7-8H,9H2;1-3H,4H2;2*1H;/q;;;;;+2/p-2. The molecule has 0 aromatic heterocycles. The first-order valence-electron chi connectivity index (χ1n) is 12.3. The van der Waals surface area contributed by atoms with Gasteiger partial charge in [-0.05, 0) is 0 Å². The summed E-state index contributed by atoms with van der Waals surface area (Å²) in [5, 5.41) is 0. The maximum Gasteiger partial charge on any atom is -1.00 e. The van der Waals surface area contributed by atoms with E-state index in [0.717, 1.165) is 19.3 Å². The fourth-order valence-corrected chi connectivity index (χ4v) is 13.4. The van der Waals surface area contributed by atoms with Crippen LogP contribution in [0.2, 0.25) is 0 Å². The van der Waals surface area contributed by atoms with Gasteiger partial charge in [-0.2, -0.15) is 0 Å². The minimum Gasteiger partial charge on any atom is -1.00 e. The van der Waals surface area contributed by atoms with Gasteiger partial charge in [0.2, 0.25) is 0 Å². The van der Waals surface area contributed by atoms with Crippen LogP contribution in [-0.4, -0.2) is 3.21 Å². The van der Waals surface area contributed by atoms with Gasteiger partial charge in [-0.1, -0.05) is 0 Å². The SMILES string of the molecule is CCc1ccc(/[C](c2ccccc2)=[Zr+2](/[C]2=CC=CC2)[c]2cccc3c2Cc2ccccc2-3)cc1.[Cl-].[Cl-]. The first-order chi connectivity index (χ1) is 16.8. The molecule has 4 aromatic carbocycles. The average Bonchev–Trinajstić information content (AvgIpc) is 3.56. The summed E-state index contributed by atoms with van der Waals surface area (Å²) in [7, 11) is 0. The number of benzene rings is 4. The second-order valence-electron chi connectivity index (χ2n) is 9.16. The van der Waals surface area contributed by atoms with Crippen molar-refractivity contribution in [1.29, 1.82) is 0 Å². The third-order valence-electron chi connectivity index (χ3n) is 7.18. The van der Waals surface area contributed by atoms with E-state index in [-0.39, 0.29) is 24.8 Å². The minimum atomic E-state index is -2.49. The van der Waals surface area contributed by atoms with Crippen molar-refractivity contribution in [3.8, 4) is 11.1 Å². The van der Waals surface area contributed by atoms with Crippen LogP contribution in [0.1, 0.15) is 41.2 Å². The third kappa shape index (κ3) is 4.95. The van der Waals surface area contributed by atoms with Crippen molar-refractivity contribution in [3.05, 3.63) is 146 Å². The monoisotopic (exact) mass is 584 g/mol. The molecule has 0 aliphatic heterocycles. The van der Waals surface area contributed by atoms with Crippen LogP contribution in [0.25, 0.3) is 11.1 Å². The second kappa shape index (κ2) is 11.8. The summed E-state index contributed by atoms with van der Waals surface area (Å²) in [6.45, 7) is 2.23. The number of allylic oxidation sites excluding steroid dienone is 4. The molecule has 4 aromatic rings. The van der Waals surface area contributed by atoms with Crippen molar-refractivity contribution < 1.29 is 46.1 Å². The Bertz CT molecular complexity index is 1460. The van der Waals surface area contributed by atoms with E-state index in [4.69, 9.17) is 0 Å². The van der Waals surface area contributed by atoms with Crippen LogP contribution >= 0.6 is 0 Å². The summed E-state index contributed by atoms with van der Waals surface area (Å²) in [6.07, 6.45) is 10.3. The van der Waals surface area contributed by atoms with Crippen LogP contribution in [0.4, 0.5) is 0 Å². The Balaban J connectivity index is 0.00000152. The maximum absolute atomic E-state index is 2.49. The van der Waals surface area contributed by atoms with Crippen molar-refractivity contribution in [2.24, 2.45) is 0 Å². The third-order valence-corrected chi connectivity index (χ3v) is 14.8. The number of hydrogen-bond donors (Lipinski definition) is 0. The fourth-order valence-electron chi connectivity index (χ4n) is 5.46. The zero-order valence-electron chi connectivity index (χ0n) is 20.3. The van der Waals surface area contributed by atoms with E-state index in [1.165, 1.54) is 33.4 Å².